The average Bonchev–Trinajstić information content (AvgIpc) is 3.04. The molecular formula is C21H16O3. The molecule has 0 amide bonds. The molecule has 0 aliphatic carbocycles. The van der Waals surface area contributed by atoms with Crippen molar-refractivity contribution >= 4 is 27.7 Å². The minimum absolute atomic E-state index is 0.202. The third-order valence-electron chi connectivity index (χ3n) is 4.12. The molecule has 0 radical (unpaired) electrons. The largest absolute Gasteiger partial charge is 0.464 e. The normalized spacial score (nSPS) is 11.0. The van der Waals surface area contributed by atoms with Crippen LogP contribution in [0, 0.1) is 0 Å². The van der Waals surface area contributed by atoms with Crippen LogP contribution in [-0.4, -0.2) is 5.97 Å². The Balaban J connectivity index is 1.58. The molecule has 0 unspecified atom stereocenters. The van der Waals surface area contributed by atoms with Gasteiger partial charge in [0.2, 0.25) is 0 Å². The van der Waals surface area contributed by atoms with E-state index in [2.05, 4.69) is 6.07 Å². The first-order chi connectivity index (χ1) is 11.8. The molecule has 3 heteroatoms. The van der Waals surface area contributed by atoms with Gasteiger partial charge in [-0.15, -0.1) is 0 Å². The van der Waals surface area contributed by atoms with Gasteiger partial charge in [-0.1, -0.05) is 60.7 Å². The quantitative estimate of drug-likeness (QED) is 0.504. The second-order valence-electron chi connectivity index (χ2n) is 5.74. The Kier molecular flexibility index (Phi) is 3.75. The van der Waals surface area contributed by atoms with Crippen LogP contribution in [0.15, 0.2) is 77.4 Å². The summed E-state index contributed by atoms with van der Waals surface area (Å²) in [6, 6.07) is 21.7. The highest BCUT2D eigenvalue weighted by molar-refractivity contribution is 6.08. The molecule has 0 spiro atoms. The zero-order valence-corrected chi connectivity index (χ0v) is 13.1. The molecule has 0 fully saturated rings. The lowest BCUT2D eigenvalue weighted by Crippen LogP contribution is -2.07. The number of fused-ring (bicyclic) bond motifs is 3. The van der Waals surface area contributed by atoms with Crippen LogP contribution >= 0.6 is 0 Å². The second kappa shape index (κ2) is 6.20. The lowest BCUT2D eigenvalue weighted by atomic mass is 10.0. The van der Waals surface area contributed by atoms with Crippen LogP contribution in [0.2, 0.25) is 0 Å². The number of ether oxygens (including phenoxy) is 1. The number of furan rings is 1. The van der Waals surface area contributed by atoms with Crippen molar-refractivity contribution < 1.29 is 13.9 Å². The van der Waals surface area contributed by atoms with Gasteiger partial charge >= 0.3 is 5.97 Å². The number of rotatable bonds is 4. The summed E-state index contributed by atoms with van der Waals surface area (Å²) in [4.78, 5) is 12.2. The van der Waals surface area contributed by atoms with Crippen molar-refractivity contribution in [2.24, 2.45) is 0 Å². The fourth-order valence-electron chi connectivity index (χ4n) is 2.95. The third kappa shape index (κ3) is 2.76. The molecule has 0 aliphatic rings. The van der Waals surface area contributed by atoms with Gasteiger partial charge in [0.05, 0.1) is 12.7 Å². The topological polar surface area (TPSA) is 39.4 Å². The van der Waals surface area contributed by atoms with E-state index < -0.39 is 0 Å². The highest BCUT2D eigenvalue weighted by Crippen LogP contribution is 2.30. The van der Waals surface area contributed by atoms with Gasteiger partial charge in [0, 0.05) is 10.9 Å². The lowest BCUT2D eigenvalue weighted by Gasteiger charge is -2.05. The Bertz CT molecular complexity index is 999. The fourth-order valence-corrected chi connectivity index (χ4v) is 2.95. The molecule has 4 rings (SSSR count). The van der Waals surface area contributed by atoms with E-state index in [0.717, 1.165) is 32.9 Å². The first-order valence-corrected chi connectivity index (χ1v) is 7.88. The zero-order valence-electron chi connectivity index (χ0n) is 13.1. The van der Waals surface area contributed by atoms with Crippen molar-refractivity contribution in [2.75, 3.05) is 0 Å². The van der Waals surface area contributed by atoms with Crippen molar-refractivity contribution in [3.8, 4) is 0 Å². The summed E-state index contributed by atoms with van der Waals surface area (Å²) in [5.74, 6) is -0.255. The summed E-state index contributed by atoms with van der Waals surface area (Å²) in [6.45, 7) is 0.288. The molecule has 0 bridgehead atoms. The molecule has 0 saturated heterocycles. The standard InChI is InChI=1S/C21H16O3/c22-20(24-13-15-6-2-1-3-7-15)12-17-14-23-19-11-10-16-8-4-5-9-18(16)21(17)19/h1-11,14H,12-13H2. The maximum Gasteiger partial charge on any atom is 0.310 e. The van der Waals surface area contributed by atoms with E-state index in [-0.39, 0.29) is 19.0 Å². The van der Waals surface area contributed by atoms with E-state index in [1.807, 2.05) is 60.7 Å². The van der Waals surface area contributed by atoms with Crippen LogP contribution in [0.3, 0.4) is 0 Å². The monoisotopic (exact) mass is 316 g/mol. The second-order valence-corrected chi connectivity index (χ2v) is 5.74. The van der Waals surface area contributed by atoms with E-state index >= 15 is 0 Å². The molecule has 3 aromatic carbocycles. The first-order valence-electron chi connectivity index (χ1n) is 7.88. The summed E-state index contributed by atoms with van der Waals surface area (Å²) in [7, 11) is 0. The van der Waals surface area contributed by atoms with Gasteiger partial charge in [-0.25, -0.2) is 0 Å². The molecule has 0 aliphatic heterocycles. The number of carbonyl (C=O) groups excluding carboxylic acids is 1. The van der Waals surface area contributed by atoms with Gasteiger partial charge < -0.3 is 9.15 Å². The Morgan fingerprint density at radius 1 is 0.917 bits per heavy atom. The third-order valence-corrected chi connectivity index (χ3v) is 4.12. The highest BCUT2D eigenvalue weighted by atomic mass is 16.5. The van der Waals surface area contributed by atoms with Crippen LogP contribution < -0.4 is 0 Å². The number of esters is 1. The number of hydrogen-bond acceptors (Lipinski definition) is 3. The molecule has 4 aromatic rings. The Morgan fingerprint density at radius 3 is 2.58 bits per heavy atom. The van der Waals surface area contributed by atoms with Gasteiger partial charge in [-0.05, 0) is 22.4 Å². The predicted molar refractivity (Wildman–Crippen MR) is 93.7 cm³/mol. The minimum Gasteiger partial charge on any atom is -0.464 e. The Morgan fingerprint density at radius 2 is 1.71 bits per heavy atom. The average molecular weight is 316 g/mol. The van der Waals surface area contributed by atoms with Gasteiger partial charge in [-0.3, -0.25) is 4.79 Å². The van der Waals surface area contributed by atoms with Crippen molar-refractivity contribution in [1.29, 1.82) is 0 Å². The minimum atomic E-state index is -0.255. The van der Waals surface area contributed by atoms with Crippen LogP contribution in [0.5, 0.6) is 0 Å². The molecule has 3 nitrogen and oxygen atoms in total. The van der Waals surface area contributed by atoms with Crippen molar-refractivity contribution in [3.05, 3.63) is 84.1 Å². The maximum atomic E-state index is 12.2. The van der Waals surface area contributed by atoms with E-state index in [0.29, 0.717) is 0 Å². The van der Waals surface area contributed by atoms with Crippen molar-refractivity contribution in [3.63, 3.8) is 0 Å². The molecule has 0 N–H and O–H groups in total. The van der Waals surface area contributed by atoms with Gasteiger partial charge in [-0.2, -0.15) is 0 Å². The Hall–Kier alpha value is -3.07. The van der Waals surface area contributed by atoms with Crippen molar-refractivity contribution in [2.45, 2.75) is 13.0 Å². The molecule has 1 heterocycles. The summed E-state index contributed by atoms with van der Waals surface area (Å²) in [5.41, 5.74) is 2.63. The summed E-state index contributed by atoms with van der Waals surface area (Å²) in [6.07, 6.45) is 1.86. The lowest BCUT2D eigenvalue weighted by molar-refractivity contribution is -0.144. The fraction of sp³-hybridized carbons (Fsp3) is 0.0952. The predicted octanol–water partition coefficient (Wildman–Crippen LogP) is 4.87. The van der Waals surface area contributed by atoms with Gasteiger partial charge in [0.15, 0.2) is 0 Å². The Labute approximate surface area is 139 Å². The molecule has 0 saturated carbocycles. The van der Waals surface area contributed by atoms with Crippen molar-refractivity contribution in [1.82, 2.24) is 0 Å². The van der Waals surface area contributed by atoms with Crippen LogP contribution in [0.1, 0.15) is 11.1 Å². The van der Waals surface area contributed by atoms with Crippen LogP contribution in [0.4, 0.5) is 0 Å². The smallest absolute Gasteiger partial charge is 0.310 e. The zero-order chi connectivity index (χ0) is 16.4. The van der Waals surface area contributed by atoms with Gasteiger partial charge in [0.25, 0.3) is 0 Å². The van der Waals surface area contributed by atoms with E-state index in [4.69, 9.17) is 9.15 Å². The summed E-state index contributed by atoms with van der Waals surface area (Å²) >= 11 is 0. The molecule has 24 heavy (non-hydrogen) atoms. The molecule has 1 aromatic heterocycles. The van der Waals surface area contributed by atoms with E-state index in [1.54, 1.807) is 6.26 Å². The summed E-state index contributed by atoms with van der Waals surface area (Å²) in [5, 5.41) is 3.21. The van der Waals surface area contributed by atoms with Crippen LogP contribution in [0.25, 0.3) is 21.7 Å². The van der Waals surface area contributed by atoms with E-state index in [1.165, 1.54) is 0 Å². The first kappa shape index (κ1) is 14.5. The van der Waals surface area contributed by atoms with Crippen LogP contribution in [-0.2, 0) is 22.6 Å². The number of benzene rings is 3. The van der Waals surface area contributed by atoms with Gasteiger partial charge in [0.1, 0.15) is 12.2 Å². The summed E-state index contributed by atoms with van der Waals surface area (Å²) < 4.78 is 11.0. The number of hydrogen-bond donors (Lipinski definition) is 0. The molecule has 0 atom stereocenters. The van der Waals surface area contributed by atoms with E-state index in [9.17, 15) is 4.79 Å². The highest BCUT2D eigenvalue weighted by Gasteiger charge is 2.14. The number of carbonyl (C=O) groups is 1. The SMILES string of the molecule is O=C(Cc1coc2ccc3ccccc3c12)OCc1ccccc1. The molecular weight excluding hydrogens is 300 g/mol. The maximum absolute atomic E-state index is 12.2. The molecule has 118 valence electrons.